The quantitative estimate of drug-likeness (QED) is 0.859. The Morgan fingerprint density at radius 3 is 2.96 bits per heavy atom. The molecule has 2 aromatic heterocycles. The van der Waals surface area contributed by atoms with Crippen molar-refractivity contribution in [3.63, 3.8) is 0 Å². The topological polar surface area (TPSA) is 49.6 Å². The number of carbonyl (C=O) groups is 1. The van der Waals surface area contributed by atoms with Crippen molar-refractivity contribution in [3.05, 3.63) is 54.2 Å². The summed E-state index contributed by atoms with van der Waals surface area (Å²) in [5.74, 6) is 2.22. The van der Waals surface area contributed by atoms with Crippen molar-refractivity contribution in [2.24, 2.45) is 11.8 Å². The Morgan fingerprint density at radius 2 is 2.20 bits per heavy atom. The summed E-state index contributed by atoms with van der Waals surface area (Å²) < 4.78 is 5.51. The minimum absolute atomic E-state index is 0.0717. The first-order valence-electron chi connectivity index (χ1n) is 9.15. The Hall–Kier alpha value is -2.14. The third kappa shape index (κ3) is 3.33. The van der Waals surface area contributed by atoms with Gasteiger partial charge in [0.1, 0.15) is 11.5 Å². The summed E-state index contributed by atoms with van der Waals surface area (Å²) in [6.07, 6.45) is 7.08. The van der Waals surface area contributed by atoms with Crippen LogP contribution in [0, 0.1) is 11.8 Å². The summed E-state index contributed by atoms with van der Waals surface area (Å²) in [6, 6.07) is 10.0. The first-order chi connectivity index (χ1) is 12.2. The fourth-order valence-corrected chi connectivity index (χ4v) is 4.57. The van der Waals surface area contributed by atoms with Gasteiger partial charge >= 0.3 is 0 Å². The molecule has 2 aromatic rings. The fourth-order valence-electron chi connectivity index (χ4n) is 4.57. The van der Waals surface area contributed by atoms with E-state index in [0.29, 0.717) is 23.6 Å². The van der Waals surface area contributed by atoms with Crippen LogP contribution in [-0.2, 0) is 6.54 Å². The van der Waals surface area contributed by atoms with Crippen LogP contribution in [-0.4, -0.2) is 46.9 Å². The lowest BCUT2D eigenvalue weighted by Gasteiger charge is -2.38. The molecule has 0 spiro atoms. The van der Waals surface area contributed by atoms with Gasteiger partial charge in [0.05, 0.1) is 12.8 Å². The maximum Gasteiger partial charge on any atom is 0.272 e. The molecule has 1 aliphatic heterocycles. The number of fused-ring (bicyclic) bond motifs is 1. The molecule has 3 atom stereocenters. The second-order valence-electron chi connectivity index (χ2n) is 7.34. The summed E-state index contributed by atoms with van der Waals surface area (Å²) in [7, 11) is 2.18. The highest BCUT2D eigenvalue weighted by Gasteiger charge is 2.43. The molecule has 2 aliphatic rings. The van der Waals surface area contributed by atoms with Crippen molar-refractivity contribution < 1.29 is 9.21 Å². The molecular weight excluding hydrogens is 314 g/mol. The Balaban J connectivity index is 1.45. The van der Waals surface area contributed by atoms with Crippen molar-refractivity contribution in [2.45, 2.75) is 31.8 Å². The van der Waals surface area contributed by atoms with Gasteiger partial charge in [-0.3, -0.25) is 14.7 Å². The molecule has 1 aliphatic carbocycles. The molecule has 1 saturated heterocycles. The number of pyridine rings is 1. The van der Waals surface area contributed by atoms with Crippen molar-refractivity contribution >= 4 is 5.91 Å². The van der Waals surface area contributed by atoms with E-state index >= 15 is 0 Å². The highest BCUT2D eigenvalue weighted by atomic mass is 16.3. The van der Waals surface area contributed by atoms with Crippen LogP contribution in [0.25, 0.3) is 0 Å². The molecule has 0 N–H and O–H groups in total. The van der Waals surface area contributed by atoms with Gasteiger partial charge in [0.2, 0.25) is 0 Å². The molecule has 1 amide bonds. The summed E-state index contributed by atoms with van der Waals surface area (Å²) in [5.41, 5.74) is 0.557. The molecule has 0 aromatic carbocycles. The summed E-state index contributed by atoms with van der Waals surface area (Å²) >= 11 is 0. The van der Waals surface area contributed by atoms with Crippen LogP contribution < -0.4 is 0 Å². The minimum atomic E-state index is 0.0717. The van der Waals surface area contributed by atoms with Gasteiger partial charge in [-0.25, -0.2) is 0 Å². The average Bonchev–Trinajstić information content (AvgIpc) is 3.30. The van der Waals surface area contributed by atoms with E-state index < -0.39 is 0 Å². The van der Waals surface area contributed by atoms with Gasteiger partial charge in [-0.1, -0.05) is 12.5 Å². The zero-order chi connectivity index (χ0) is 17.2. The number of carbonyl (C=O) groups excluding carboxylic acids is 1. The molecule has 2 fully saturated rings. The van der Waals surface area contributed by atoms with Crippen LogP contribution in [0.3, 0.4) is 0 Å². The third-order valence-corrected chi connectivity index (χ3v) is 5.78. The number of hydrogen-bond acceptors (Lipinski definition) is 4. The van der Waals surface area contributed by atoms with Gasteiger partial charge in [-0.05, 0) is 56.0 Å². The monoisotopic (exact) mass is 339 g/mol. The first-order valence-corrected chi connectivity index (χ1v) is 9.15. The molecule has 4 rings (SSSR count). The van der Waals surface area contributed by atoms with Gasteiger partial charge in [0.25, 0.3) is 5.91 Å². The molecule has 0 unspecified atom stereocenters. The van der Waals surface area contributed by atoms with Crippen molar-refractivity contribution in [1.29, 1.82) is 0 Å². The number of rotatable bonds is 4. The van der Waals surface area contributed by atoms with E-state index in [2.05, 4.69) is 16.9 Å². The lowest BCUT2D eigenvalue weighted by molar-refractivity contribution is 0.0761. The van der Waals surface area contributed by atoms with Crippen molar-refractivity contribution in [1.82, 2.24) is 14.8 Å². The molecule has 5 nitrogen and oxygen atoms in total. The summed E-state index contributed by atoms with van der Waals surface area (Å²) in [5, 5.41) is 0. The Bertz CT molecular complexity index is 701. The van der Waals surface area contributed by atoms with E-state index in [1.807, 2.05) is 35.2 Å². The van der Waals surface area contributed by atoms with Gasteiger partial charge in [-0.2, -0.15) is 0 Å². The lowest BCUT2D eigenvalue weighted by atomic mass is 9.77. The molecule has 0 bridgehead atoms. The SMILES string of the molecule is CN(Cc1ccco1)[C@@H]1CCC[C@H]2CN(C(=O)c3ccccn3)C[C@H]21. The van der Waals surface area contributed by atoms with Crippen molar-refractivity contribution in [3.8, 4) is 0 Å². The maximum atomic E-state index is 12.8. The smallest absolute Gasteiger partial charge is 0.272 e. The maximum absolute atomic E-state index is 12.8. The third-order valence-electron chi connectivity index (χ3n) is 5.78. The number of likely N-dealkylation sites (tertiary alicyclic amines) is 1. The fraction of sp³-hybridized carbons (Fsp3) is 0.500. The molecule has 5 heteroatoms. The number of nitrogens with zero attached hydrogens (tertiary/aromatic N) is 3. The van der Waals surface area contributed by atoms with E-state index in [4.69, 9.17) is 4.42 Å². The Kier molecular flexibility index (Phi) is 4.57. The number of aromatic nitrogens is 1. The highest BCUT2D eigenvalue weighted by molar-refractivity contribution is 5.92. The summed E-state index contributed by atoms with van der Waals surface area (Å²) in [4.78, 5) is 21.4. The summed E-state index contributed by atoms with van der Waals surface area (Å²) in [6.45, 7) is 2.54. The van der Waals surface area contributed by atoms with E-state index in [9.17, 15) is 4.79 Å². The molecular formula is C20H25N3O2. The minimum Gasteiger partial charge on any atom is -0.468 e. The van der Waals surface area contributed by atoms with Gasteiger partial charge < -0.3 is 9.32 Å². The number of amides is 1. The van der Waals surface area contributed by atoms with Crippen molar-refractivity contribution in [2.75, 3.05) is 20.1 Å². The normalized spacial score (nSPS) is 26.0. The zero-order valence-electron chi connectivity index (χ0n) is 14.7. The number of furan rings is 1. The van der Waals surface area contributed by atoms with E-state index in [0.717, 1.165) is 25.4 Å². The largest absolute Gasteiger partial charge is 0.468 e. The predicted octanol–water partition coefficient (Wildman–Crippen LogP) is 3.05. The molecule has 3 heterocycles. The zero-order valence-corrected chi connectivity index (χ0v) is 14.7. The molecule has 132 valence electrons. The first kappa shape index (κ1) is 16.3. The van der Waals surface area contributed by atoms with Crippen LogP contribution in [0.2, 0.25) is 0 Å². The molecule has 1 saturated carbocycles. The second-order valence-corrected chi connectivity index (χ2v) is 7.34. The number of hydrogen-bond donors (Lipinski definition) is 0. The average molecular weight is 339 g/mol. The Morgan fingerprint density at radius 1 is 1.28 bits per heavy atom. The van der Waals surface area contributed by atoms with Crippen LogP contribution in [0.5, 0.6) is 0 Å². The van der Waals surface area contributed by atoms with E-state index in [1.54, 1.807) is 12.5 Å². The van der Waals surface area contributed by atoms with Gasteiger partial charge in [-0.15, -0.1) is 0 Å². The van der Waals surface area contributed by atoms with Crippen LogP contribution in [0.1, 0.15) is 35.5 Å². The molecule has 25 heavy (non-hydrogen) atoms. The van der Waals surface area contributed by atoms with Crippen LogP contribution in [0.4, 0.5) is 0 Å². The van der Waals surface area contributed by atoms with Crippen LogP contribution in [0.15, 0.2) is 47.2 Å². The lowest BCUT2D eigenvalue weighted by Crippen LogP contribution is -2.43. The van der Waals surface area contributed by atoms with E-state index in [1.165, 1.54) is 19.3 Å². The highest BCUT2D eigenvalue weighted by Crippen LogP contribution is 2.39. The molecule has 0 radical (unpaired) electrons. The standard InChI is InChI=1S/C20H25N3O2/c1-22(13-16-7-5-11-25-16)19-9-4-6-15-12-23(14-17(15)19)20(24)18-8-2-3-10-21-18/h2-3,5,7-8,10-11,15,17,19H,4,6,9,12-14H2,1H3/t15-,17+,19+/m0/s1. The predicted molar refractivity (Wildman–Crippen MR) is 94.9 cm³/mol. The van der Waals surface area contributed by atoms with E-state index in [-0.39, 0.29) is 5.91 Å². The van der Waals surface area contributed by atoms with Gasteiger partial charge in [0.15, 0.2) is 0 Å². The Labute approximate surface area is 148 Å². The van der Waals surface area contributed by atoms with Gasteiger partial charge in [0, 0.05) is 25.3 Å². The van der Waals surface area contributed by atoms with Crippen LogP contribution >= 0.6 is 0 Å². The second kappa shape index (κ2) is 7.00.